The number of hydrazone groups is 1. The topological polar surface area (TPSA) is 92.9 Å². The number of halogens is 1. The smallest absolute Gasteiger partial charge is 0.257 e. The van der Waals surface area contributed by atoms with E-state index >= 15 is 0 Å². The Hall–Kier alpha value is -3.78. The van der Waals surface area contributed by atoms with E-state index in [0.717, 1.165) is 22.6 Å². The van der Waals surface area contributed by atoms with Gasteiger partial charge < -0.3 is 5.32 Å². The van der Waals surface area contributed by atoms with Crippen LogP contribution in [0.1, 0.15) is 22.5 Å². The normalized spacial score (nSPS) is 11.1. The first kappa shape index (κ1) is 20.5. The minimum atomic E-state index is 0.289. The third-order valence-corrected chi connectivity index (χ3v) is 4.63. The number of rotatable bonds is 6. The average Bonchev–Trinajstić information content (AvgIpc) is 3.09. The summed E-state index contributed by atoms with van der Waals surface area (Å²) in [5.74, 6) is 1.02. The fraction of sp³-hybridized carbons (Fsp3) is 0.136. The molecular formula is C22H21ClN8. The first-order valence-corrected chi connectivity index (χ1v) is 10.0. The highest BCUT2D eigenvalue weighted by Crippen LogP contribution is 2.19. The molecule has 0 saturated heterocycles. The number of hydrogen-bond acceptors (Lipinski definition) is 7. The van der Waals surface area contributed by atoms with E-state index in [0.29, 0.717) is 16.9 Å². The van der Waals surface area contributed by atoms with Gasteiger partial charge in [-0.2, -0.15) is 25.2 Å². The molecule has 0 bridgehead atoms. The maximum absolute atomic E-state index is 5.97. The van der Waals surface area contributed by atoms with Gasteiger partial charge in [-0.25, -0.2) is 10.1 Å². The van der Waals surface area contributed by atoms with Crippen molar-refractivity contribution in [2.45, 2.75) is 20.8 Å². The molecule has 0 spiro atoms. The van der Waals surface area contributed by atoms with E-state index in [1.807, 2.05) is 63.2 Å². The lowest BCUT2D eigenvalue weighted by Gasteiger charge is -2.09. The van der Waals surface area contributed by atoms with Crippen LogP contribution < -0.4 is 10.7 Å². The SMILES string of the molecule is Cc1ccc(C=NNc2nc(Nc3ccc(Cl)cc3)nc(-n3nc(C)cc3C)n2)cc1. The Balaban J connectivity index is 1.64. The van der Waals surface area contributed by atoms with Crippen molar-refractivity contribution in [1.29, 1.82) is 0 Å². The van der Waals surface area contributed by atoms with Crippen LogP contribution in [0.3, 0.4) is 0 Å². The van der Waals surface area contributed by atoms with Crippen LogP contribution in [0.4, 0.5) is 17.6 Å². The molecule has 4 aromatic rings. The first-order chi connectivity index (χ1) is 15.0. The first-order valence-electron chi connectivity index (χ1n) is 9.64. The monoisotopic (exact) mass is 432 g/mol. The molecule has 4 rings (SSSR count). The zero-order chi connectivity index (χ0) is 21.8. The van der Waals surface area contributed by atoms with E-state index in [-0.39, 0.29) is 5.95 Å². The molecule has 0 radical (unpaired) electrons. The van der Waals surface area contributed by atoms with Crippen LogP contribution in [0.25, 0.3) is 5.95 Å². The van der Waals surface area contributed by atoms with Crippen molar-refractivity contribution in [1.82, 2.24) is 24.7 Å². The summed E-state index contributed by atoms with van der Waals surface area (Å²) in [6, 6.07) is 17.3. The highest BCUT2D eigenvalue weighted by molar-refractivity contribution is 6.30. The summed E-state index contributed by atoms with van der Waals surface area (Å²) in [6.07, 6.45) is 1.71. The highest BCUT2D eigenvalue weighted by atomic mass is 35.5. The Morgan fingerprint density at radius 3 is 2.29 bits per heavy atom. The van der Waals surface area contributed by atoms with Crippen molar-refractivity contribution >= 4 is 35.4 Å². The maximum Gasteiger partial charge on any atom is 0.257 e. The third kappa shape index (κ3) is 5.23. The van der Waals surface area contributed by atoms with Gasteiger partial charge in [0.2, 0.25) is 11.9 Å². The molecule has 0 fully saturated rings. The third-order valence-electron chi connectivity index (χ3n) is 4.38. The Kier molecular flexibility index (Phi) is 5.90. The van der Waals surface area contributed by atoms with E-state index in [2.05, 4.69) is 35.9 Å². The molecule has 8 nitrogen and oxygen atoms in total. The van der Waals surface area contributed by atoms with Crippen molar-refractivity contribution in [3.63, 3.8) is 0 Å². The average molecular weight is 433 g/mol. The number of aryl methyl sites for hydroxylation is 3. The van der Waals surface area contributed by atoms with Crippen molar-refractivity contribution in [3.8, 4) is 5.95 Å². The van der Waals surface area contributed by atoms with E-state index in [9.17, 15) is 0 Å². The van der Waals surface area contributed by atoms with Gasteiger partial charge in [-0.05, 0) is 56.7 Å². The van der Waals surface area contributed by atoms with Crippen molar-refractivity contribution in [3.05, 3.63) is 82.1 Å². The van der Waals surface area contributed by atoms with Crippen LogP contribution in [0.5, 0.6) is 0 Å². The zero-order valence-corrected chi connectivity index (χ0v) is 18.1. The van der Waals surface area contributed by atoms with Gasteiger partial charge in [0.15, 0.2) is 0 Å². The molecular weight excluding hydrogens is 412 g/mol. The molecule has 2 N–H and O–H groups in total. The summed E-state index contributed by atoms with van der Waals surface area (Å²) in [7, 11) is 0. The van der Waals surface area contributed by atoms with Gasteiger partial charge in [0, 0.05) is 16.4 Å². The summed E-state index contributed by atoms with van der Waals surface area (Å²) in [6.45, 7) is 5.90. The number of hydrogen-bond donors (Lipinski definition) is 2. The van der Waals surface area contributed by atoms with Gasteiger partial charge in [0.1, 0.15) is 0 Å². The standard InChI is InChI=1S/C22H21ClN8/c1-14-4-6-17(7-5-14)13-24-29-21-26-20(25-19-10-8-18(23)9-11-19)27-22(28-21)31-16(3)12-15(2)30-31/h4-13H,1-3H3,(H2,25,26,27,28,29). The molecule has 31 heavy (non-hydrogen) atoms. The van der Waals surface area contributed by atoms with Crippen LogP contribution in [0.2, 0.25) is 5.02 Å². The summed E-state index contributed by atoms with van der Waals surface area (Å²) in [4.78, 5) is 13.4. The van der Waals surface area contributed by atoms with Gasteiger partial charge in [-0.15, -0.1) is 0 Å². The molecule has 2 aromatic heterocycles. The van der Waals surface area contributed by atoms with Crippen LogP contribution >= 0.6 is 11.6 Å². The van der Waals surface area contributed by atoms with Crippen LogP contribution in [-0.4, -0.2) is 30.9 Å². The van der Waals surface area contributed by atoms with Gasteiger partial charge in [0.25, 0.3) is 5.95 Å². The highest BCUT2D eigenvalue weighted by Gasteiger charge is 2.12. The molecule has 2 heterocycles. The molecule has 0 amide bonds. The summed E-state index contributed by atoms with van der Waals surface area (Å²) < 4.78 is 1.67. The predicted octanol–water partition coefficient (Wildman–Crippen LogP) is 4.83. The second-order valence-corrected chi connectivity index (χ2v) is 7.47. The Morgan fingerprint density at radius 1 is 0.903 bits per heavy atom. The predicted molar refractivity (Wildman–Crippen MR) is 124 cm³/mol. The molecule has 9 heteroatoms. The van der Waals surface area contributed by atoms with Gasteiger partial charge in [-0.1, -0.05) is 41.4 Å². The van der Waals surface area contributed by atoms with E-state index < -0.39 is 0 Å². The van der Waals surface area contributed by atoms with Gasteiger partial charge in [0.05, 0.1) is 11.9 Å². The molecule has 156 valence electrons. The number of aromatic nitrogens is 5. The molecule has 0 aliphatic rings. The molecule has 2 aromatic carbocycles. The number of nitrogens with zero attached hydrogens (tertiary/aromatic N) is 6. The zero-order valence-electron chi connectivity index (χ0n) is 17.3. The largest absolute Gasteiger partial charge is 0.324 e. The Morgan fingerprint density at radius 2 is 1.61 bits per heavy atom. The Labute approximate surface area is 185 Å². The van der Waals surface area contributed by atoms with Crippen molar-refractivity contribution in [2.75, 3.05) is 10.7 Å². The molecule has 0 aliphatic heterocycles. The van der Waals surface area contributed by atoms with Crippen LogP contribution in [-0.2, 0) is 0 Å². The maximum atomic E-state index is 5.97. The molecule has 0 aliphatic carbocycles. The number of benzene rings is 2. The minimum Gasteiger partial charge on any atom is -0.324 e. The van der Waals surface area contributed by atoms with Crippen molar-refractivity contribution < 1.29 is 0 Å². The second-order valence-electron chi connectivity index (χ2n) is 7.03. The fourth-order valence-electron chi connectivity index (χ4n) is 2.88. The number of nitrogens with one attached hydrogen (secondary N) is 2. The summed E-state index contributed by atoms with van der Waals surface area (Å²) in [5, 5.41) is 12.5. The lowest BCUT2D eigenvalue weighted by molar-refractivity contribution is 0.767. The number of anilines is 3. The molecule has 0 saturated carbocycles. The van der Waals surface area contributed by atoms with Crippen LogP contribution in [0.15, 0.2) is 59.7 Å². The molecule has 0 atom stereocenters. The second kappa shape index (κ2) is 8.93. The summed E-state index contributed by atoms with van der Waals surface area (Å²) in [5.41, 5.74) is 7.62. The minimum absolute atomic E-state index is 0.289. The van der Waals surface area contributed by atoms with Crippen LogP contribution in [0, 0.1) is 20.8 Å². The quantitative estimate of drug-likeness (QED) is 0.335. The van der Waals surface area contributed by atoms with E-state index in [1.54, 1.807) is 23.0 Å². The summed E-state index contributed by atoms with van der Waals surface area (Å²) >= 11 is 5.97. The van der Waals surface area contributed by atoms with Gasteiger partial charge >= 0.3 is 0 Å². The fourth-order valence-corrected chi connectivity index (χ4v) is 3.00. The molecule has 0 unspecified atom stereocenters. The lowest BCUT2D eigenvalue weighted by atomic mass is 10.2. The van der Waals surface area contributed by atoms with E-state index in [4.69, 9.17) is 11.6 Å². The van der Waals surface area contributed by atoms with E-state index in [1.165, 1.54) is 5.56 Å². The van der Waals surface area contributed by atoms with Crippen molar-refractivity contribution in [2.24, 2.45) is 5.10 Å². The Bertz CT molecular complexity index is 1210. The lowest BCUT2D eigenvalue weighted by Crippen LogP contribution is -2.11. The van der Waals surface area contributed by atoms with Gasteiger partial charge in [-0.3, -0.25) is 0 Å².